The van der Waals surface area contributed by atoms with Crippen molar-refractivity contribution in [1.82, 2.24) is 9.47 Å². The molecule has 3 nitrogen and oxygen atoms in total. The lowest BCUT2D eigenvalue weighted by molar-refractivity contribution is 0.220. The molecule has 0 aliphatic carbocycles. The van der Waals surface area contributed by atoms with Crippen molar-refractivity contribution in [2.75, 3.05) is 13.1 Å². The van der Waals surface area contributed by atoms with Gasteiger partial charge in [0.2, 0.25) is 0 Å². The summed E-state index contributed by atoms with van der Waals surface area (Å²) in [6, 6.07) is 8.03. The van der Waals surface area contributed by atoms with Crippen LogP contribution in [-0.4, -0.2) is 22.6 Å². The van der Waals surface area contributed by atoms with Gasteiger partial charge in [-0.25, -0.2) is 0 Å². The summed E-state index contributed by atoms with van der Waals surface area (Å²) in [5.41, 5.74) is 1.06. The molecule has 1 heterocycles. The van der Waals surface area contributed by atoms with Gasteiger partial charge in [0.15, 0.2) is 0 Å². The third kappa shape index (κ3) is 2.82. The molecular weight excluding hydrogens is 244 g/mol. The van der Waals surface area contributed by atoms with Crippen molar-refractivity contribution in [3.63, 3.8) is 0 Å². The molecule has 18 heavy (non-hydrogen) atoms. The van der Waals surface area contributed by atoms with E-state index in [9.17, 15) is 4.79 Å². The first-order valence-electron chi connectivity index (χ1n) is 6.57. The van der Waals surface area contributed by atoms with E-state index in [1.54, 1.807) is 0 Å². The molecule has 1 aromatic heterocycles. The molecule has 2 aromatic rings. The van der Waals surface area contributed by atoms with Crippen LogP contribution < -0.4 is 4.87 Å². The van der Waals surface area contributed by atoms with Crippen molar-refractivity contribution < 1.29 is 0 Å². The number of fused-ring (bicyclic) bond motifs is 1. The Morgan fingerprint density at radius 3 is 2.50 bits per heavy atom. The zero-order valence-corrected chi connectivity index (χ0v) is 11.9. The van der Waals surface area contributed by atoms with Gasteiger partial charge in [0.05, 0.1) is 16.9 Å². The molecule has 4 heteroatoms. The van der Waals surface area contributed by atoms with E-state index in [-0.39, 0.29) is 4.87 Å². The summed E-state index contributed by atoms with van der Waals surface area (Å²) in [6.07, 6.45) is 2.24. The molecule has 0 saturated heterocycles. The first kappa shape index (κ1) is 13.3. The standard InChI is InChI=1S/C14H20N2OS/c1-3-9-15(10-4-2)11-16-12-7-5-6-8-13(12)18-14(16)17/h5-8H,3-4,9-11H2,1-2H3. The normalized spacial score (nSPS) is 11.5. The summed E-state index contributed by atoms with van der Waals surface area (Å²) >= 11 is 1.34. The highest BCUT2D eigenvalue weighted by atomic mass is 32.1. The molecule has 0 atom stereocenters. The van der Waals surface area contributed by atoms with Crippen molar-refractivity contribution in [1.29, 1.82) is 0 Å². The van der Waals surface area contributed by atoms with Crippen LogP contribution in [0.4, 0.5) is 0 Å². The molecule has 1 aromatic carbocycles. The number of thiazole rings is 1. The van der Waals surface area contributed by atoms with Crippen molar-refractivity contribution >= 4 is 21.6 Å². The fraction of sp³-hybridized carbons (Fsp3) is 0.500. The van der Waals surface area contributed by atoms with Crippen LogP contribution in [0.15, 0.2) is 29.1 Å². The van der Waals surface area contributed by atoms with Crippen molar-refractivity contribution in [2.24, 2.45) is 0 Å². The molecule has 0 unspecified atom stereocenters. The fourth-order valence-electron chi connectivity index (χ4n) is 2.23. The summed E-state index contributed by atoms with van der Waals surface area (Å²) in [5.74, 6) is 0. The molecule has 0 radical (unpaired) electrons. The van der Waals surface area contributed by atoms with E-state index in [0.717, 1.165) is 36.1 Å². The Morgan fingerprint density at radius 1 is 1.17 bits per heavy atom. The van der Waals surface area contributed by atoms with Crippen LogP contribution in [0.3, 0.4) is 0 Å². The lowest BCUT2D eigenvalue weighted by atomic mass is 10.3. The number of aromatic nitrogens is 1. The molecule has 0 bridgehead atoms. The van der Waals surface area contributed by atoms with Gasteiger partial charge < -0.3 is 0 Å². The monoisotopic (exact) mass is 264 g/mol. The van der Waals surface area contributed by atoms with E-state index >= 15 is 0 Å². The van der Waals surface area contributed by atoms with Gasteiger partial charge in [-0.3, -0.25) is 14.3 Å². The molecule has 0 aliphatic rings. The summed E-state index contributed by atoms with van der Waals surface area (Å²) in [6.45, 7) is 7.16. The number of benzene rings is 1. The largest absolute Gasteiger partial charge is 0.309 e. The smallest absolute Gasteiger partial charge is 0.286 e. The summed E-state index contributed by atoms with van der Waals surface area (Å²) in [5, 5.41) is 0. The highest BCUT2D eigenvalue weighted by molar-refractivity contribution is 7.16. The van der Waals surface area contributed by atoms with Gasteiger partial charge in [-0.1, -0.05) is 37.3 Å². The SMILES string of the molecule is CCCN(CCC)Cn1c(=O)sc2ccccc21. The maximum absolute atomic E-state index is 12.0. The van der Waals surface area contributed by atoms with Crippen LogP contribution >= 0.6 is 11.3 Å². The fourth-order valence-corrected chi connectivity index (χ4v) is 3.12. The summed E-state index contributed by atoms with van der Waals surface area (Å²) in [4.78, 5) is 14.5. The molecule has 0 spiro atoms. The van der Waals surface area contributed by atoms with Gasteiger partial charge in [-0.2, -0.15) is 0 Å². The predicted molar refractivity (Wildman–Crippen MR) is 78.2 cm³/mol. The Morgan fingerprint density at radius 2 is 1.83 bits per heavy atom. The number of nitrogens with zero attached hydrogens (tertiary/aromatic N) is 2. The van der Waals surface area contributed by atoms with E-state index in [4.69, 9.17) is 0 Å². The third-order valence-electron chi connectivity index (χ3n) is 2.99. The van der Waals surface area contributed by atoms with Crippen LogP contribution in [0.1, 0.15) is 26.7 Å². The second-order valence-electron chi connectivity index (χ2n) is 4.52. The Labute approximate surface area is 112 Å². The topological polar surface area (TPSA) is 25.2 Å². The Hall–Kier alpha value is -1.13. The van der Waals surface area contributed by atoms with E-state index in [2.05, 4.69) is 18.7 Å². The molecule has 0 amide bonds. The third-order valence-corrected chi connectivity index (χ3v) is 3.95. The van der Waals surface area contributed by atoms with E-state index in [1.807, 2.05) is 28.8 Å². The zero-order chi connectivity index (χ0) is 13.0. The second kappa shape index (κ2) is 6.16. The Bertz CT molecular complexity index is 552. The predicted octanol–water partition coefficient (Wildman–Crippen LogP) is 3.14. The second-order valence-corrected chi connectivity index (χ2v) is 5.52. The Kier molecular flexibility index (Phi) is 4.55. The lowest BCUT2D eigenvalue weighted by Crippen LogP contribution is -2.31. The molecule has 2 rings (SSSR count). The average molecular weight is 264 g/mol. The average Bonchev–Trinajstić information content (AvgIpc) is 2.67. The number of hydrogen-bond acceptors (Lipinski definition) is 3. The highest BCUT2D eigenvalue weighted by Crippen LogP contribution is 2.16. The number of para-hydroxylation sites is 1. The Balaban J connectivity index is 2.29. The first-order valence-corrected chi connectivity index (χ1v) is 7.38. The molecular formula is C14H20N2OS. The van der Waals surface area contributed by atoms with Gasteiger partial charge in [-0.05, 0) is 38.1 Å². The molecule has 98 valence electrons. The van der Waals surface area contributed by atoms with Crippen molar-refractivity contribution in [3.8, 4) is 0 Å². The maximum Gasteiger partial charge on any atom is 0.309 e. The van der Waals surface area contributed by atoms with Gasteiger partial charge in [0.25, 0.3) is 0 Å². The van der Waals surface area contributed by atoms with Gasteiger partial charge in [0.1, 0.15) is 0 Å². The summed E-state index contributed by atoms with van der Waals surface area (Å²) < 4.78 is 2.97. The zero-order valence-electron chi connectivity index (χ0n) is 11.1. The quantitative estimate of drug-likeness (QED) is 0.801. The minimum atomic E-state index is 0.147. The molecule has 0 fully saturated rings. The molecule has 0 aliphatic heterocycles. The maximum atomic E-state index is 12.0. The summed E-state index contributed by atoms with van der Waals surface area (Å²) in [7, 11) is 0. The van der Waals surface area contributed by atoms with Gasteiger partial charge in [0, 0.05) is 0 Å². The van der Waals surface area contributed by atoms with Crippen molar-refractivity contribution in [2.45, 2.75) is 33.4 Å². The van der Waals surface area contributed by atoms with Gasteiger partial charge in [-0.15, -0.1) is 0 Å². The molecule has 0 N–H and O–H groups in total. The van der Waals surface area contributed by atoms with E-state index in [0.29, 0.717) is 6.67 Å². The van der Waals surface area contributed by atoms with Crippen molar-refractivity contribution in [3.05, 3.63) is 33.9 Å². The highest BCUT2D eigenvalue weighted by Gasteiger charge is 2.10. The number of hydrogen-bond donors (Lipinski definition) is 0. The number of rotatable bonds is 6. The van der Waals surface area contributed by atoms with E-state index < -0.39 is 0 Å². The minimum absolute atomic E-state index is 0.147. The van der Waals surface area contributed by atoms with Crippen LogP contribution in [0.5, 0.6) is 0 Å². The van der Waals surface area contributed by atoms with Crippen LogP contribution in [0, 0.1) is 0 Å². The lowest BCUT2D eigenvalue weighted by Gasteiger charge is -2.21. The minimum Gasteiger partial charge on any atom is -0.286 e. The molecule has 0 saturated carbocycles. The van der Waals surface area contributed by atoms with Crippen LogP contribution in [0.25, 0.3) is 10.2 Å². The first-order chi connectivity index (χ1) is 8.76. The van der Waals surface area contributed by atoms with E-state index in [1.165, 1.54) is 11.3 Å². The van der Waals surface area contributed by atoms with Crippen LogP contribution in [0.2, 0.25) is 0 Å². The van der Waals surface area contributed by atoms with Gasteiger partial charge >= 0.3 is 4.87 Å². The van der Waals surface area contributed by atoms with Crippen LogP contribution in [-0.2, 0) is 6.67 Å².